The molecule has 220 valence electrons. The first-order valence-electron chi connectivity index (χ1n) is 12.3. The fourth-order valence-electron chi connectivity index (χ4n) is 3.82. The molecule has 3 N–H and O–H groups in total. The summed E-state index contributed by atoms with van der Waals surface area (Å²) < 4.78 is 49.1. The molecule has 12 heteroatoms. The lowest BCUT2D eigenvalue weighted by Crippen LogP contribution is -2.33. The molecule has 3 aromatic carbocycles. The van der Waals surface area contributed by atoms with Crippen LogP contribution in [0.15, 0.2) is 85.1 Å². The summed E-state index contributed by atoms with van der Waals surface area (Å²) in [6.45, 7) is -0.161. The van der Waals surface area contributed by atoms with Gasteiger partial charge in [-0.25, -0.2) is 0 Å². The number of nitrogens with zero attached hydrogens (tertiary/aromatic N) is 1. The summed E-state index contributed by atoms with van der Waals surface area (Å²) in [6, 6.07) is 23.1. The van der Waals surface area contributed by atoms with Gasteiger partial charge in [-0.3, -0.25) is 9.78 Å². The van der Waals surface area contributed by atoms with Crippen LogP contribution < -0.4 is 20.1 Å². The highest BCUT2D eigenvalue weighted by Crippen LogP contribution is 2.30. The number of para-hydroxylation sites is 2. The summed E-state index contributed by atoms with van der Waals surface area (Å²) in [4.78, 5) is 16.5. The zero-order valence-electron chi connectivity index (χ0n) is 21.8. The summed E-state index contributed by atoms with van der Waals surface area (Å²) in [7, 11) is 0. The first-order valence-corrected chi connectivity index (χ1v) is 12.3. The van der Waals surface area contributed by atoms with Crippen LogP contribution in [-0.2, 0) is 6.42 Å². The molecule has 0 aliphatic rings. The monoisotopic (exact) mass is 611 g/mol. The number of ether oxygens (including phenoxy) is 2. The second kappa shape index (κ2) is 16.0. The van der Waals surface area contributed by atoms with Crippen LogP contribution in [0.3, 0.4) is 0 Å². The Morgan fingerprint density at radius 1 is 0.927 bits per heavy atom. The minimum absolute atomic E-state index is 0. The number of aliphatic hydroxyl groups excluding tert-OH is 1. The van der Waals surface area contributed by atoms with Crippen molar-refractivity contribution in [1.29, 1.82) is 0 Å². The van der Waals surface area contributed by atoms with E-state index < -0.39 is 24.7 Å². The van der Waals surface area contributed by atoms with Crippen LogP contribution in [0.4, 0.5) is 13.2 Å². The zero-order valence-corrected chi connectivity index (χ0v) is 23.4. The number of halogens is 5. The second-order valence-electron chi connectivity index (χ2n) is 8.79. The van der Waals surface area contributed by atoms with E-state index in [4.69, 9.17) is 9.47 Å². The maximum atomic E-state index is 12.5. The molecular weight excluding hydrogens is 582 g/mol. The third-order valence-corrected chi connectivity index (χ3v) is 5.73. The van der Waals surface area contributed by atoms with Gasteiger partial charge in [-0.05, 0) is 61.0 Å². The Morgan fingerprint density at radius 3 is 2.37 bits per heavy atom. The van der Waals surface area contributed by atoms with E-state index >= 15 is 0 Å². The highest BCUT2D eigenvalue weighted by atomic mass is 35.5. The van der Waals surface area contributed by atoms with Crippen molar-refractivity contribution in [1.82, 2.24) is 15.6 Å². The average Bonchev–Trinajstić information content (AvgIpc) is 2.94. The van der Waals surface area contributed by atoms with Gasteiger partial charge in [0.05, 0.1) is 11.1 Å². The van der Waals surface area contributed by atoms with E-state index in [0.29, 0.717) is 35.7 Å². The highest BCUT2D eigenvalue weighted by molar-refractivity contribution is 6.06. The molecule has 0 aliphatic heterocycles. The summed E-state index contributed by atoms with van der Waals surface area (Å²) >= 11 is 0. The lowest BCUT2D eigenvalue weighted by atomic mass is 10.1. The lowest BCUT2D eigenvalue weighted by molar-refractivity contribution is -0.123. The summed E-state index contributed by atoms with van der Waals surface area (Å²) in [5, 5.41) is 15.7. The Hall–Kier alpha value is -3.57. The molecule has 0 saturated carbocycles. The summed E-state index contributed by atoms with van der Waals surface area (Å²) in [5.74, 6) is 0.827. The molecule has 0 spiro atoms. The Labute approximate surface area is 247 Å². The van der Waals surface area contributed by atoms with Gasteiger partial charge < -0.3 is 25.2 Å². The molecular formula is C29H30Cl2F3N3O4. The lowest BCUT2D eigenvalue weighted by Gasteiger charge is -2.13. The van der Waals surface area contributed by atoms with Gasteiger partial charge >= 0.3 is 6.18 Å². The van der Waals surface area contributed by atoms with E-state index in [1.165, 1.54) is 12.3 Å². The number of hydrogen-bond acceptors (Lipinski definition) is 6. The minimum Gasteiger partial charge on any atom is -0.491 e. The van der Waals surface area contributed by atoms with Crippen LogP contribution in [0.25, 0.3) is 10.9 Å². The first kappa shape index (κ1) is 33.6. The molecule has 0 unspecified atom stereocenters. The number of carbonyl (C=O) groups excluding carboxylic acids is 1. The van der Waals surface area contributed by atoms with Gasteiger partial charge in [0.25, 0.3) is 5.91 Å². The molecule has 1 atom stereocenters. The number of benzene rings is 3. The number of hydrogen-bond donors (Lipinski definition) is 3. The van der Waals surface area contributed by atoms with Gasteiger partial charge in [0.15, 0.2) is 0 Å². The normalized spacial score (nSPS) is 11.6. The van der Waals surface area contributed by atoms with Crippen LogP contribution in [0.5, 0.6) is 17.2 Å². The van der Waals surface area contributed by atoms with Crippen molar-refractivity contribution in [2.75, 3.05) is 26.2 Å². The Balaban J connectivity index is 0.00000294. The van der Waals surface area contributed by atoms with E-state index in [9.17, 15) is 23.1 Å². The predicted molar refractivity (Wildman–Crippen MR) is 156 cm³/mol. The van der Waals surface area contributed by atoms with Crippen LogP contribution >= 0.6 is 24.8 Å². The Bertz CT molecular complexity index is 1380. The third kappa shape index (κ3) is 10.4. The van der Waals surface area contributed by atoms with E-state index in [-0.39, 0.29) is 42.5 Å². The number of fused-ring (bicyclic) bond motifs is 1. The molecule has 41 heavy (non-hydrogen) atoms. The summed E-state index contributed by atoms with van der Waals surface area (Å²) in [5.41, 5.74) is 1.34. The van der Waals surface area contributed by atoms with E-state index in [1.807, 2.05) is 59.9 Å². The van der Waals surface area contributed by atoms with Crippen molar-refractivity contribution in [2.45, 2.75) is 18.7 Å². The maximum Gasteiger partial charge on any atom is 0.405 e. The number of amides is 1. The van der Waals surface area contributed by atoms with Crippen LogP contribution in [-0.4, -0.2) is 54.5 Å². The number of aliphatic hydroxyl groups is 1. The van der Waals surface area contributed by atoms with Gasteiger partial charge in [-0.2, -0.15) is 13.2 Å². The van der Waals surface area contributed by atoms with Crippen molar-refractivity contribution in [2.24, 2.45) is 0 Å². The molecule has 1 heterocycles. The number of aromatic nitrogens is 1. The van der Waals surface area contributed by atoms with Crippen molar-refractivity contribution in [3.63, 3.8) is 0 Å². The van der Waals surface area contributed by atoms with Gasteiger partial charge in [0.1, 0.15) is 36.5 Å². The second-order valence-corrected chi connectivity index (χ2v) is 8.79. The van der Waals surface area contributed by atoms with E-state index in [1.54, 1.807) is 18.2 Å². The molecule has 0 radical (unpaired) electrons. The average molecular weight is 612 g/mol. The van der Waals surface area contributed by atoms with Crippen LogP contribution in [0, 0.1) is 0 Å². The van der Waals surface area contributed by atoms with Crippen molar-refractivity contribution >= 4 is 41.6 Å². The zero-order chi connectivity index (χ0) is 27.7. The molecule has 0 saturated heterocycles. The van der Waals surface area contributed by atoms with Crippen molar-refractivity contribution < 1.29 is 32.5 Å². The fourth-order valence-corrected chi connectivity index (χ4v) is 3.82. The number of carbonyl (C=O) groups is 1. The standard InChI is InChI=1S/C29H28F3N3O4.2ClH/c30-29(31,32)19-35-28(37)25-8-4-7-24-26(14-16-34-27(24)25)39-23-11-9-20(10-12-23)13-15-33-17-21(36)18-38-22-5-2-1-3-6-22;;/h1-12,14,16,21,33,36H,13,15,17-19H2,(H,35,37);2*1H/t21-;;/m0../s1. The molecule has 0 fully saturated rings. The predicted octanol–water partition coefficient (Wildman–Crippen LogP) is 5.73. The van der Waals surface area contributed by atoms with Gasteiger partial charge in [-0.1, -0.05) is 36.4 Å². The number of nitrogens with one attached hydrogen (secondary N) is 2. The van der Waals surface area contributed by atoms with E-state index in [0.717, 1.165) is 12.0 Å². The SMILES string of the molecule is Cl.Cl.O=C(NCC(F)(F)F)c1cccc2c(Oc3ccc(CCNC[C@H](O)COc4ccccc4)cc3)ccnc12. The molecule has 4 aromatic rings. The molecule has 1 aromatic heterocycles. The molecule has 0 bridgehead atoms. The van der Waals surface area contributed by atoms with Crippen molar-refractivity contribution in [3.8, 4) is 17.2 Å². The third-order valence-electron chi connectivity index (χ3n) is 5.73. The number of alkyl halides is 3. The number of pyridine rings is 1. The minimum atomic E-state index is -4.51. The highest BCUT2D eigenvalue weighted by Gasteiger charge is 2.28. The molecule has 4 rings (SSSR count). The summed E-state index contributed by atoms with van der Waals surface area (Å²) in [6.07, 6.45) is -2.96. The molecule has 0 aliphatic carbocycles. The van der Waals surface area contributed by atoms with Gasteiger partial charge in [0.2, 0.25) is 0 Å². The first-order chi connectivity index (χ1) is 18.8. The smallest absolute Gasteiger partial charge is 0.405 e. The molecule has 1 amide bonds. The molecule has 7 nitrogen and oxygen atoms in total. The van der Waals surface area contributed by atoms with Crippen LogP contribution in [0.2, 0.25) is 0 Å². The van der Waals surface area contributed by atoms with Crippen molar-refractivity contribution in [3.05, 3.63) is 96.2 Å². The van der Waals surface area contributed by atoms with Gasteiger partial charge in [0, 0.05) is 18.1 Å². The topological polar surface area (TPSA) is 92.7 Å². The fraction of sp³-hybridized carbons (Fsp3) is 0.241. The quantitative estimate of drug-likeness (QED) is 0.177. The Morgan fingerprint density at radius 2 is 1.66 bits per heavy atom. The maximum absolute atomic E-state index is 12.5. The van der Waals surface area contributed by atoms with Gasteiger partial charge in [-0.15, -0.1) is 24.8 Å². The largest absolute Gasteiger partial charge is 0.491 e. The Kier molecular flexibility index (Phi) is 13.1. The van der Waals surface area contributed by atoms with E-state index in [2.05, 4.69) is 10.3 Å². The number of rotatable bonds is 12. The van der Waals surface area contributed by atoms with Crippen LogP contribution in [0.1, 0.15) is 15.9 Å².